The van der Waals surface area contributed by atoms with Gasteiger partial charge in [0.25, 0.3) is 0 Å². The van der Waals surface area contributed by atoms with Crippen molar-refractivity contribution in [2.75, 3.05) is 0 Å². The number of rotatable bonds is 14. The molecule has 4 nitrogen and oxygen atoms in total. The molecule has 0 heterocycles. The number of hydrogen-bond acceptors (Lipinski definition) is 2. The Kier molecular flexibility index (Phi) is 12.3. The van der Waals surface area contributed by atoms with Crippen LogP contribution < -0.4 is 0 Å². The fourth-order valence-electron chi connectivity index (χ4n) is 2.40. The number of aliphatic carboxylic acids is 2. The van der Waals surface area contributed by atoms with Crippen LogP contribution in [0.2, 0.25) is 0 Å². The van der Waals surface area contributed by atoms with E-state index in [9.17, 15) is 9.59 Å². The third kappa shape index (κ3) is 12.0. The number of unbranched alkanes of at least 4 members (excludes halogenated alkanes) is 9. The Labute approximate surface area is 122 Å². The second-order valence-corrected chi connectivity index (χ2v) is 5.60. The van der Waals surface area contributed by atoms with Gasteiger partial charge in [0.1, 0.15) is 0 Å². The van der Waals surface area contributed by atoms with Crippen LogP contribution in [0.5, 0.6) is 0 Å². The van der Waals surface area contributed by atoms with Crippen molar-refractivity contribution in [3.05, 3.63) is 0 Å². The topological polar surface area (TPSA) is 74.6 Å². The first-order chi connectivity index (χ1) is 9.57. The summed E-state index contributed by atoms with van der Waals surface area (Å²) in [4.78, 5) is 21.4. The number of carbonyl (C=O) groups is 2. The molecular formula is C16H30O4. The monoisotopic (exact) mass is 286 g/mol. The van der Waals surface area contributed by atoms with Crippen LogP contribution in [0.3, 0.4) is 0 Å². The van der Waals surface area contributed by atoms with Crippen LogP contribution >= 0.6 is 0 Å². The largest absolute Gasteiger partial charge is 0.481 e. The van der Waals surface area contributed by atoms with Crippen LogP contribution in [-0.4, -0.2) is 22.2 Å². The Hall–Kier alpha value is -1.06. The first-order valence-electron chi connectivity index (χ1n) is 8.02. The van der Waals surface area contributed by atoms with Crippen LogP contribution in [0, 0.1) is 5.92 Å². The Bertz CT molecular complexity index is 263. The van der Waals surface area contributed by atoms with Crippen molar-refractivity contribution in [2.45, 2.75) is 84.0 Å². The van der Waals surface area contributed by atoms with Crippen molar-refractivity contribution in [1.29, 1.82) is 0 Å². The van der Waals surface area contributed by atoms with Gasteiger partial charge in [-0.2, -0.15) is 0 Å². The Balaban J connectivity index is 3.41. The van der Waals surface area contributed by atoms with E-state index in [2.05, 4.69) is 6.92 Å². The van der Waals surface area contributed by atoms with Gasteiger partial charge in [0.2, 0.25) is 0 Å². The molecule has 20 heavy (non-hydrogen) atoms. The van der Waals surface area contributed by atoms with Gasteiger partial charge in [-0.25, -0.2) is 0 Å². The third-order valence-corrected chi connectivity index (χ3v) is 3.68. The van der Waals surface area contributed by atoms with E-state index >= 15 is 0 Å². The molecule has 118 valence electrons. The van der Waals surface area contributed by atoms with Gasteiger partial charge >= 0.3 is 11.9 Å². The molecule has 0 unspecified atom stereocenters. The van der Waals surface area contributed by atoms with E-state index in [-0.39, 0.29) is 6.42 Å². The zero-order chi connectivity index (χ0) is 15.2. The summed E-state index contributed by atoms with van der Waals surface area (Å²) in [5.41, 5.74) is 0. The van der Waals surface area contributed by atoms with Crippen molar-refractivity contribution in [2.24, 2.45) is 5.92 Å². The molecule has 0 aromatic carbocycles. The first-order valence-corrected chi connectivity index (χ1v) is 8.02. The minimum absolute atomic E-state index is 0.257. The van der Waals surface area contributed by atoms with E-state index in [1.54, 1.807) is 0 Å². The highest BCUT2D eigenvalue weighted by Crippen LogP contribution is 2.16. The predicted molar refractivity (Wildman–Crippen MR) is 79.8 cm³/mol. The van der Waals surface area contributed by atoms with E-state index in [4.69, 9.17) is 10.2 Å². The van der Waals surface area contributed by atoms with Gasteiger partial charge < -0.3 is 10.2 Å². The Morgan fingerprint density at radius 3 is 1.65 bits per heavy atom. The zero-order valence-corrected chi connectivity index (χ0v) is 12.8. The fraction of sp³-hybridized carbons (Fsp3) is 0.875. The van der Waals surface area contributed by atoms with Crippen molar-refractivity contribution in [3.63, 3.8) is 0 Å². The van der Waals surface area contributed by atoms with E-state index < -0.39 is 17.9 Å². The van der Waals surface area contributed by atoms with E-state index in [1.807, 2.05) is 0 Å². The summed E-state index contributed by atoms with van der Waals surface area (Å²) in [6.45, 7) is 2.22. The van der Waals surface area contributed by atoms with Crippen LogP contribution in [0.1, 0.15) is 84.0 Å². The van der Waals surface area contributed by atoms with Crippen LogP contribution in [0.25, 0.3) is 0 Å². The van der Waals surface area contributed by atoms with Gasteiger partial charge in [0.15, 0.2) is 0 Å². The minimum Gasteiger partial charge on any atom is -0.481 e. The Morgan fingerprint density at radius 1 is 0.800 bits per heavy atom. The van der Waals surface area contributed by atoms with Gasteiger partial charge in [0, 0.05) is 0 Å². The molecule has 2 N–H and O–H groups in total. The van der Waals surface area contributed by atoms with Crippen LogP contribution in [0.4, 0.5) is 0 Å². The third-order valence-electron chi connectivity index (χ3n) is 3.68. The molecule has 0 amide bonds. The van der Waals surface area contributed by atoms with E-state index in [1.165, 1.54) is 44.9 Å². The van der Waals surface area contributed by atoms with Gasteiger partial charge in [-0.1, -0.05) is 71.1 Å². The summed E-state index contributed by atoms with van der Waals surface area (Å²) in [7, 11) is 0. The van der Waals surface area contributed by atoms with Gasteiger partial charge in [-0.3, -0.25) is 9.59 Å². The molecule has 0 rings (SSSR count). The average molecular weight is 286 g/mol. The molecule has 0 aromatic heterocycles. The molecule has 0 aliphatic rings. The molecule has 0 saturated carbocycles. The maximum Gasteiger partial charge on any atom is 0.307 e. The summed E-state index contributed by atoms with van der Waals surface area (Å²) in [5, 5.41) is 17.5. The summed E-state index contributed by atoms with van der Waals surface area (Å²) >= 11 is 0. The summed E-state index contributed by atoms with van der Waals surface area (Å²) in [6, 6.07) is 0. The van der Waals surface area contributed by atoms with Gasteiger partial charge in [-0.05, 0) is 6.42 Å². The van der Waals surface area contributed by atoms with Crippen molar-refractivity contribution >= 4 is 11.9 Å². The Morgan fingerprint density at radius 2 is 1.25 bits per heavy atom. The lowest BCUT2D eigenvalue weighted by molar-refractivity contribution is -0.148. The average Bonchev–Trinajstić information content (AvgIpc) is 2.39. The van der Waals surface area contributed by atoms with Gasteiger partial charge in [0.05, 0.1) is 12.3 Å². The first kappa shape index (κ1) is 18.9. The fourth-order valence-corrected chi connectivity index (χ4v) is 2.40. The van der Waals surface area contributed by atoms with Crippen LogP contribution in [-0.2, 0) is 9.59 Å². The normalized spacial score (nSPS) is 12.2. The molecular weight excluding hydrogens is 256 g/mol. The van der Waals surface area contributed by atoms with Crippen molar-refractivity contribution in [1.82, 2.24) is 0 Å². The molecule has 0 aliphatic heterocycles. The SMILES string of the molecule is CCCCCCCCCCCC[C@@H](CC(=O)O)C(=O)O. The molecule has 1 atom stereocenters. The molecule has 0 spiro atoms. The highest BCUT2D eigenvalue weighted by Gasteiger charge is 2.19. The molecule has 0 saturated heterocycles. The highest BCUT2D eigenvalue weighted by molar-refractivity contribution is 5.77. The van der Waals surface area contributed by atoms with E-state index in [0.717, 1.165) is 19.3 Å². The minimum atomic E-state index is -1.02. The molecule has 0 aliphatic carbocycles. The molecule has 0 radical (unpaired) electrons. The smallest absolute Gasteiger partial charge is 0.307 e. The van der Waals surface area contributed by atoms with Crippen molar-refractivity contribution < 1.29 is 19.8 Å². The maximum atomic E-state index is 10.9. The lowest BCUT2D eigenvalue weighted by atomic mass is 9.97. The summed E-state index contributed by atoms with van der Waals surface area (Å²) in [5.74, 6) is -2.73. The van der Waals surface area contributed by atoms with E-state index in [0.29, 0.717) is 6.42 Å². The number of carboxylic acids is 2. The maximum absolute atomic E-state index is 10.9. The molecule has 4 heteroatoms. The number of carboxylic acid groups (broad SMARTS) is 2. The predicted octanol–water partition coefficient (Wildman–Crippen LogP) is 4.47. The number of hydrogen-bond donors (Lipinski definition) is 2. The van der Waals surface area contributed by atoms with Crippen molar-refractivity contribution in [3.8, 4) is 0 Å². The molecule has 0 bridgehead atoms. The lowest BCUT2D eigenvalue weighted by Crippen LogP contribution is -2.17. The zero-order valence-electron chi connectivity index (χ0n) is 12.8. The van der Waals surface area contributed by atoms with Gasteiger partial charge in [-0.15, -0.1) is 0 Å². The summed E-state index contributed by atoms with van der Waals surface area (Å²) < 4.78 is 0. The highest BCUT2D eigenvalue weighted by atomic mass is 16.4. The molecule has 0 fully saturated rings. The summed E-state index contributed by atoms with van der Waals surface area (Å²) in [6.07, 6.45) is 12.2. The second kappa shape index (κ2) is 12.9. The lowest BCUT2D eigenvalue weighted by Gasteiger charge is -2.09. The molecule has 0 aromatic rings. The quantitative estimate of drug-likeness (QED) is 0.462. The standard InChI is InChI=1S/C16H30O4/c1-2-3-4-5-6-7-8-9-10-11-12-14(16(19)20)13-15(17)18/h14H,2-13H2,1H3,(H,17,18)(H,19,20)/t14-/m0/s1. The second-order valence-electron chi connectivity index (χ2n) is 5.60. The van der Waals surface area contributed by atoms with Crippen LogP contribution in [0.15, 0.2) is 0 Å².